The van der Waals surface area contributed by atoms with Gasteiger partial charge in [-0.3, -0.25) is 0 Å². The number of thiocarbonyl (C=S) groups is 1. The van der Waals surface area contributed by atoms with Crippen molar-refractivity contribution in [2.24, 2.45) is 0 Å². The molecule has 0 atom stereocenters. The number of carbonyl (C=O) groups is 1. The number of alkyl carbamates (subject to hydrolysis) is 1. The molecule has 1 aromatic carbocycles. The number of ether oxygens (including phenoxy) is 1. The summed E-state index contributed by atoms with van der Waals surface area (Å²) in [5.74, 6) is 0.313. The van der Waals surface area contributed by atoms with Gasteiger partial charge in [0.1, 0.15) is 22.4 Å². The van der Waals surface area contributed by atoms with Crippen LogP contribution < -0.4 is 10.6 Å². The summed E-state index contributed by atoms with van der Waals surface area (Å²) in [6.45, 7) is 19.2. The lowest BCUT2D eigenvalue weighted by molar-refractivity contribution is 0.0527. The van der Waals surface area contributed by atoms with E-state index in [0.29, 0.717) is 29.4 Å². The number of nitrogens with one attached hydrogen (secondary N) is 2. The number of carbonyl (C=O) groups excluding carboxylic acids is 1. The van der Waals surface area contributed by atoms with Gasteiger partial charge in [-0.15, -0.1) is 0 Å². The highest BCUT2D eigenvalue weighted by Crippen LogP contribution is 2.40. The van der Waals surface area contributed by atoms with Crippen molar-refractivity contribution >= 4 is 29.4 Å². The van der Waals surface area contributed by atoms with E-state index in [2.05, 4.69) is 58.2 Å². The first-order chi connectivity index (χ1) is 16.5. The average Bonchev–Trinajstić information content (AvgIpc) is 2.71. The van der Waals surface area contributed by atoms with E-state index in [1.165, 1.54) is 0 Å². The molecule has 36 heavy (non-hydrogen) atoms. The summed E-state index contributed by atoms with van der Waals surface area (Å²) in [5.41, 5.74) is 1.95. The summed E-state index contributed by atoms with van der Waals surface area (Å²) in [4.78, 5) is 12.1. The van der Waals surface area contributed by atoms with Gasteiger partial charge in [-0.1, -0.05) is 66.6 Å². The smallest absolute Gasteiger partial charge is 0.407 e. The summed E-state index contributed by atoms with van der Waals surface area (Å²) in [5, 5.41) is 26.6. The van der Waals surface area contributed by atoms with Gasteiger partial charge in [0.05, 0.1) is 5.57 Å². The summed E-state index contributed by atoms with van der Waals surface area (Å²) in [6.07, 6.45) is 5.15. The second-order valence-electron chi connectivity index (χ2n) is 12.2. The molecule has 1 amide bonds. The van der Waals surface area contributed by atoms with Crippen molar-refractivity contribution in [1.82, 2.24) is 10.6 Å². The lowest BCUT2D eigenvalue weighted by Crippen LogP contribution is -2.33. The highest BCUT2D eigenvalue weighted by atomic mass is 32.1. The van der Waals surface area contributed by atoms with E-state index in [-0.39, 0.29) is 16.9 Å². The maximum atomic E-state index is 11.6. The third-order valence-electron chi connectivity index (χ3n) is 5.48. The third-order valence-corrected chi connectivity index (χ3v) is 5.85. The molecule has 200 valence electrons. The first-order valence-electron chi connectivity index (χ1n) is 12.7. The van der Waals surface area contributed by atoms with Crippen LogP contribution in [0.15, 0.2) is 17.7 Å². The number of phenols is 1. The Hall–Kier alpha value is -2.59. The number of rotatable bonds is 9. The number of benzene rings is 1. The van der Waals surface area contributed by atoms with Crippen LogP contribution in [0.3, 0.4) is 0 Å². The van der Waals surface area contributed by atoms with Crippen molar-refractivity contribution in [3.05, 3.63) is 34.4 Å². The largest absolute Gasteiger partial charge is 0.507 e. The van der Waals surface area contributed by atoms with Gasteiger partial charge in [0.15, 0.2) is 0 Å². The number of nitriles is 1. The fourth-order valence-electron chi connectivity index (χ4n) is 3.60. The molecule has 0 aliphatic carbocycles. The minimum absolute atomic E-state index is 0.248. The van der Waals surface area contributed by atoms with Crippen LogP contribution in [0.2, 0.25) is 0 Å². The number of phenolic OH excluding ortho intramolecular Hbond substituents is 1. The van der Waals surface area contributed by atoms with Crippen LogP contribution in [0.5, 0.6) is 5.75 Å². The SMILES string of the molecule is CC(C)(C)OC(=O)NCCCCCCNC(=S)/C(C#N)=C/c1cc(C(C)(C)C)c(O)c(C(C)(C)C)c1. The fraction of sp³-hybridized carbons (Fsp3) is 0.621. The van der Waals surface area contributed by atoms with E-state index in [4.69, 9.17) is 17.0 Å². The van der Waals surface area contributed by atoms with E-state index in [0.717, 1.165) is 42.4 Å². The van der Waals surface area contributed by atoms with Gasteiger partial charge in [-0.25, -0.2) is 4.79 Å². The van der Waals surface area contributed by atoms with Crippen LogP contribution in [0, 0.1) is 11.3 Å². The normalized spacial score (nSPS) is 12.6. The Morgan fingerprint density at radius 3 is 1.83 bits per heavy atom. The molecule has 0 radical (unpaired) electrons. The monoisotopic (exact) mass is 515 g/mol. The molecule has 1 rings (SSSR count). The molecule has 0 heterocycles. The first-order valence-corrected chi connectivity index (χ1v) is 13.1. The Labute approximate surface area is 223 Å². The number of amides is 1. The predicted octanol–water partition coefficient (Wildman–Crippen LogP) is 6.90. The predicted molar refractivity (Wildman–Crippen MR) is 152 cm³/mol. The van der Waals surface area contributed by atoms with E-state index in [1.54, 1.807) is 6.08 Å². The number of hydrogen-bond acceptors (Lipinski definition) is 5. The fourth-order valence-corrected chi connectivity index (χ4v) is 3.81. The molecule has 0 aromatic heterocycles. The third kappa shape index (κ3) is 11.0. The zero-order valence-corrected chi connectivity index (χ0v) is 24.4. The minimum Gasteiger partial charge on any atom is -0.507 e. The van der Waals surface area contributed by atoms with Crippen molar-refractivity contribution < 1.29 is 14.6 Å². The molecular weight excluding hydrogens is 470 g/mol. The Kier molecular flexibility index (Phi) is 11.4. The van der Waals surface area contributed by atoms with Gasteiger partial charge in [0.2, 0.25) is 0 Å². The van der Waals surface area contributed by atoms with Gasteiger partial charge in [0, 0.05) is 24.2 Å². The number of nitrogens with zero attached hydrogens (tertiary/aromatic N) is 1. The van der Waals surface area contributed by atoms with Crippen LogP contribution in [0.25, 0.3) is 6.08 Å². The van der Waals surface area contributed by atoms with Gasteiger partial charge >= 0.3 is 6.09 Å². The van der Waals surface area contributed by atoms with Gasteiger partial charge in [-0.2, -0.15) is 5.26 Å². The quantitative estimate of drug-likeness (QED) is 0.143. The van der Waals surface area contributed by atoms with E-state index < -0.39 is 5.60 Å². The van der Waals surface area contributed by atoms with Crippen molar-refractivity contribution in [3.8, 4) is 11.8 Å². The van der Waals surface area contributed by atoms with E-state index in [9.17, 15) is 15.2 Å². The van der Waals surface area contributed by atoms with Crippen molar-refractivity contribution in [2.45, 2.75) is 104 Å². The Balaban J connectivity index is 2.68. The summed E-state index contributed by atoms with van der Waals surface area (Å²) in [6, 6.07) is 6.10. The molecule has 0 saturated heterocycles. The summed E-state index contributed by atoms with van der Waals surface area (Å²) < 4.78 is 5.22. The zero-order chi connectivity index (χ0) is 27.7. The molecule has 0 aliphatic heterocycles. The van der Waals surface area contributed by atoms with Crippen molar-refractivity contribution in [2.75, 3.05) is 13.1 Å². The molecule has 0 aliphatic rings. The second kappa shape index (κ2) is 13.1. The molecule has 7 heteroatoms. The van der Waals surface area contributed by atoms with E-state index in [1.807, 2.05) is 32.9 Å². The van der Waals surface area contributed by atoms with Crippen molar-refractivity contribution in [1.29, 1.82) is 5.26 Å². The van der Waals surface area contributed by atoms with Crippen LogP contribution in [0.4, 0.5) is 4.79 Å². The highest BCUT2D eigenvalue weighted by Gasteiger charge is 2.26. The van der Waals surface area contributed by atoms with Crippen LogP contribution in [-0.2, 0) is 15.6 Å². The Bertz CT molecular complexity index is 952. The minimum atomic E-state index is -0.489. The lowest BCUT2D eigenvalue weighted by atomic mass is 9.78. The molecule has 1 aromatic rings. The Morgan fingerprint density at radius 2 is 1.42 bits per heavy atom. The van der Waals surface area contributed by atoms with Gasteiger partial charge in [-0.05, 0) is 68.2 Å². The zero-order valence-electron chi connectivity index (χ0n) is 23.6. The van der Waals surface area contributed by atoms with Gasteiger partial charge < -0.3 is 20.5 Å². The molecule has 0 spiro atoms. The number of hydrogen-bond donors (Lipinski definition) is 3. The Morgan fingerprint density at radius 1 is 0.944 bits per heavy atom. The van der Waals surface area contributed by atoms with Crippen LogP contribution in [0.1, 0.15) is 105 Å². The molecule has 0 unspecified atom stereocenters. The summed E-state index contributed by atoms with van der Waals surface area (Å²) in [7, 11) is 0. The summed E-state index contributed by atoms with van der Waals surface area (Å²) >= 11 is 5.49. The first kappa shape index (κ1) is 31.4. The highest BCUT2D eigenvalue weighted by molar-refractivity contribution is 7.80. The van der Waals surface area contributed by atoms with Crippen molar-refractivity contribution in [3.63, 3.8) is 0 Å². The van der Waals surface area contributed by atoms with Crippen LogP contribution >= 0.6 is 12.2 Å². The molecule has 0 fully saturated rings. The molecule has 6 nitrogen and oxygen atoms in total. The van der Waals surface area contributed by atoms with Gasteiger partial charge in [0.25, 0.3) is 0 Å². The molecule has 3 N–H and O–H groups in total. The van der Waals surface area contributed by atoms with E-state index >= 15 is 0 Å². The number of aromatic hydroxyl groups is 1. The average molecular weight is 516 g/mol. The molecule has 0 bridgehead atoms. The molecular formula is C29H45N3O3S. The maximum absolute atomic E-state index is 11.6. The topological polar surface area (TPSA) is 94.4 Å². The number of unbranched alkanes of at least 4 members (excludes halogenated alkanes) is 3. The maximum Gasteiger partial charge on any atom is 0.407 e. The van der Waals surface area contributed by atoms with Crippen LogP contribution in [-0.4, -0.2) is 34.9 Å². The lowest BCUT2D eigenvalue weighted by Gasteiger charge is -2.28. The molecule has 0 saturated carbocycles. The second-order valence-corrected chi connectivity index (χ2v) is 12.6. The standard InChI is InChI=1S/C29H45N3O3S/c1-27(2,3)22-17-20(18-23(24(22)33)28(4,5)6)16-21(19-30)25(36)31-14-12-10-11-13-15-32-26(34)35-29(7,8)9/h16-18,33H,10-15H2,1-9H3,(H,31,36)(H,32,34)/b21-16+.